The summed E-state index contributed by atoms with van der Waals surface area (Å²) in [4.78, 5) is 12.0. The highest BCUT2D eigenvalue weighted by Crippen LogP contribution is 2.28. The second-order valence-corrected chi connectivity index (χ2v) is 5.26. The van der Waals surface area contributed by atoms with Crippen LogP contribution in [0.2, 0.25) is 0 Å². The maximum absolute atomic E-state index is 12.0. The largest absolute Gasteiger partial charge is 0.354 e. The van der Waals surface area contributed by atoms with Crippen LogP contribution in [0.5, 0.6) is 0 Å². The lowest BCUT2D eigenvalue weighted by molar-refractivity contribution is -0.127. The van der Waals surface area contributed by atoms with Gasteiger partial charge in [0.15, 0.2) is 0 Å². The zero-order chi connectivity index (χ0) is 12.0. The molecule has 1 amide bonds. The monoisotopic (exact) mass is 226 g/mol. The van der Waals surface area contributed by atoms with Crippen molar-refractivity contribution in [1.82, 2.24) is 5.32 Å². The van der Waals surface area contributed by atoms with Crippen molar-refractivity contribution in [2.24, 2.45) is 17.6 Å². The first-order valence-electron chi connectivity index (χ1n) is 6.65. The summed E-state index contributed by atoms with van der Waals surface area (Å²) in [5, 5.41) is 2.99. The number of rotatable bonds is 4. The first kappa shape index (κ1) is 13.5. The van der Waals surface area contributed by atoms with Crippen molar-refractivity contribution in [3.05, 3.63) is 0 Å². The zero-order valence-corrected chi connectivity index (χ0v) is 10.7. The second kappa shape index (κ2) is 6.89. The average Bonchev–Trinajstić information content (AvgIpc) is 2.46. The smallest absolute Gasteiger partial charge is 0.224 e. The van der Waals surface area contributed by atoms with Crippen molar-refractivity contribution in [1.29, 1.82) is 0 Å². The molecular formula is C13H26N2O. The molecule has 0 aliphatic heterocycles. The molecule has 1 aliphatic rings. The normalized spacial score (nSPS) is 20.5. The molecule has 3 N–H and O–H groups in total. The lowest BCUT2D eigenvalue weighted by atomic mass is 9.85. The Labute approximate surface area is 99.2 Å². The van der Waals surface area contributed by atoms with E-state index >= 15 is 0 Å². The number of carbonyl (C=O) groups excluding carboxylic acids is 1. The van der Waals surface area contributed by atoms with E-state index < -0.39 is 0 Å². The highest BCUT2D eigenvalue weighted by molar-refractivity contribution is 5.79. The van der Waals surface area contributed by atoms with E-state index in [0.717, 1.165) is 0 Å². The van der Waals surface area contributed by atoms with Crippen LogP contribution in [-0.2, 0) is 4.79 Å². The minimum Gasteiger partial charge on any atom is -0.354 e. The summed E-state index contributed by atoms with van der Waals surface area (Å²) >= 11 is 0. The fourth-order valence-corrected chi connectivity index (χ4v) is 2.62. The van der Waals surface area contributed by atoms with Crippen molar-refractivity contribution in [2.45, 2.75) is 58.4 Å². The lowest BCUT2D eigenvalue weighted by Gasteiger charge is -2.25. The molecular weight excluding hydrogens is 200 g/mol. The van der Waals surface area contributed by atoms with E-state index in [1.54, 1.807) is 0 Å². The van der Waals surface area contributed by atoms with Gasteiger partial charge in [-0.2, -0.15) is 0 Å². The van der Waals surface area contributed by atoms with Crippen LogP contribution in [-0.4, -0.2) is 18.5 Å². The molecule has 0 heterocycles. The fraction of sp³-hybridized carbons (Fsp3) is 0.923. The number of nitrogens with two attached hydrogens (primary N) is 1. The Kier molecular flexibility index (Phi) is 5.81. The van der Waals surface area contributed by atoms with Crippen LogP contribution in [0.25, 0.3) is 0 Å². The molecule has 0 spiro atoms. The summed E-state index contributed by atoms with van der Waals surface area (Å²) in [7, 11) is 0. The third-order valence-electron chi connectivity index (χ3n) is 3.49. The number of amides is 1. The van der Waals surface area contributed by atoms with Gasteiger partial charge in [0.05, 0.1) is 5.92 Å². The van der Waals surface area contributed by atoms with Gasteiger partial charge in [-0.3, -0.25) is 4.79 Å². The van der Waals surface area contributed by atoms with Gasteiger partial charge in [-0.15, -0.1) is 0 Å². The molecule has 3 nitrogen and oxygen atoms in total. The molecule has 1 aliphatic carbocycles. The van der Waals surface area contributed by atoms with Gasteiger partial charge in [0.1, 0.15) is 0 Å². The highest BCUT2D eigenvalue weighted by atomic mass is 16.1. The van der Waals surface area contributed by atoms with E-state index in [0.29, 0.717) is 12.5 Å². The Bertz CT molecular complexity index is 208. The Morgan fingerprint density at radius 3 is 2.25 bits per heavy atom. The van der Waals surface area contributed by atoms with Gasteiger partial charge in [0.25, 0.3) is 0 Å². The number of hydrogen-bond acceptors (Lipinski definition) is 2. The molecule has 1 fully saturated rings. The Balaban J connectivity index is 2.53. The lowest BCUT2D eigenvalue weighted by Crippen LogP contribution is -2.42. The van der Waals surface area contributed by atoms with Crippen LogP contribution in [0.1, 0.15) is 52.4 Å². The summed E-state index contributed by atoms with van der Waals surface area (Å²) in [6, 6.07) is 0.215. The quantitative estimate of drug-likeness (QED) is 0.721. The van der Waals surface area contributed by atoms with E-state index in [4.69, 9.17) is 5.73 Å². The molecule has 1 rings (SSSR count). The zero-order valence-electron chi connectivity index (χ0n) is 10.7. The van der Waals surface area contributed by atoms with Crippen molar-refractivity contribution >= 4 is 5.91 Å². The van der Waals surface area contributed by atoms with Crippen molar-refractivity contribution in [2.75, 3.05) is 6.54 Å². The molecule has 0 saturated heterocycles. The predicted octanol–water partition coefficient (Wildman–Crippen LogP) is 2.06. The molecule has 1 saturated carbocycles. The van der Waals surface area contributed by atoms with Crippen LogP contribution in [0.15, 0.2) is 0 Å². The summed E-state index contributed by atoms with van der Waals surface area (Å²) in [5.41, 5.74) is 5.77. The van der Waals surface area contributed by atoms with Crippen molar-refractivity contribution in [3.8, 4) is 0 Å². The molecule has 0 aromatic heterocycles. The van der Waals surface area contributed by atoms with E-state index in [9.17, 15) is 4.79 Å². The first-order valence-corrected chi connectivity index (χ1v) is 6.65. The molecule has 94 valence electrons. The molecule has 1 unspecified atom stereocenters. The maximum atomic E-state index is 12.0. The van der Waals surface area contributed by atoms with Gasteiger partial charge >= 0.3 is 0 Å². The standard InChI is InChI=1S/C13H26N2O/c1-10(2)15-13(16)12(9-14)11-7-5-3-4-6-8-11/h10-12H,3-9,14H2,1-2H3,(H,15,16). The predicted molar refractivity (Wildman–Crippen MR) is 67.0 cm³/mol. The van der Waals surface area contributed by atoms with Gasteiger partial charge in [-0.1, -0.05) is 25.7 Å². The van der Waals surface area contributed by atoms with Gasteiger partial charge in [-0.25, -0.2) is 0 Å². The Morgan fingerprint density at radius 2 is 1.81 bits per heavy atom. The average molecular weight is 226 g/mol. The summed E-state index contributed by atoms with van der Waals surface area (Å²) in [6.07, 6.45) is 7.51. The molecule has 0 radical (unpaired) electrons. The minimum atomic E-state index is 0.0282. The third kappa shape index (κ3) is 4.12. The molecule has 0 bridgehead atoms. The van der Waals surface area contributed by atoms with Crippen molar-refractivity contribution in [3.63, 3.8) is 0 Å². The Hall–Kier alpha value is -0.570. The van der Waals surface area contributed by atoms with Crippen LogP contribution < -0.4 is 11.1 Å². The van der Waals surface area contributed by atoms with Crippen molar-refractivity contribution < 1.29 is 4.79 Å². The van der Waals surface area contributed by atoms with Gasteiger partial charge < -0.3 is 11.1 Å². The van der Waals surface area contributed by atoms with E-state index in [1.165, 1.54) is 38.5 Å². The third-order valence-corrected chi connectivity index (χ3v) is 3.49. The molecule has 3 heteroatoms. The first-order chi connectivity index (χ1) is 7.65. The highest BCUT2D eigenvalue weighted by Gasteiger charge is 2.27. The van der Waals surface area contributed by atoms with Crippen LogP contribution in [0.4, 0.5) is 0 Å². The number of nitrogens with one attached hydrogen (secondary N) is 1. The summed E-state index contributed by atoms with van der Waals surface area (Å²) in [5.74, 6) is 0.691. The minimum absolute atomic E-state index is 0.0282. The number of carbonyl (C=O) groups is 1. The van der Waals surface area contributed by atoms with E-state index in [2.05, 4.69) is 5.32 Å². The molecule has 1 atom stereocenters. The van der Waals surface area contributed by atoms with E-state index in [1.807, 2.05) is 13.8 Å². The number of hydrogen-bond donors (Lipinski definition) is 2. The summed E-state index contributed by atoms with van der Waals surface area (Å²) < 4.78 is 0. The second-order valence-electron chi connectivity index (χ2n) is 5.26. The fourth-order valence-electron chi connectivity index (χ4n) is 2.62. The van der Waals surface area contributed by atoms with Crippen LogP contribution in [0.3, 0.4) is 0 Å². The summed E-state index contributed by atoms with van der Waals surface area (Å²) in [6.45, 7) is 4.49. The van der Waals surface area contributed by atoms with Gasteiger partial charge in [0.2, 0.25) is 5.91 Å². The molecule has 0 aromatic carbocycles. The Morgan fingerprint density at radius 1 is 1.25 bits per heavy atom. The van der Waals surface area contributed by atoms with Gasteiger partial charge in [-0.05, 0) is 32.6 Å². The van der Waals surface area contributed by atoms with E-state index in [-0.39, 0.29) is 17.9 Å². The van der Waals surface area contributed by atoms with Crippen LogP contribution >= 0.6 is 0 Å². The maximum Gasteiger partial charge on any atom is 0.224 e. The van der Waals surface area contributed by atoms with Gasteiger partial charge in [0, 0.05) is 12.6 Å². The molecule has 16 heavy (non-hydrogen) atoms. The topological polar surface area (TPSA) is 55.1 Å². The van der Waals surface area contributed by atoms with Crippen LogP contribution in [0, 0.1) is 11.8 Å². The SMILES string of the molecule is CC(C)NC(=O)C(CN)C1CCCCCC1. The molecule has 0 aromatic rings.